The van der Waals surface area contributed by atoms with Crippen molar-refractivity contribution in [2.24, 2.45) is 0 Å². The highest BCUT2D eigenvalue weighted by atomic mass is 19.4. The second-order valence-corrected chi connectivity index (χ2v) is 8.93. The molecule has 35 heavy (non-hydrogen) atoms. The van der Waals surface area contributed by atoms with E-state index in [0.717, 1.165) is 46.3 Å². The second-order valence-electron chi connectivity index (χ2n) is 8.93. The second kappa shape index (κ2) is 9.23. The minimum atomic E-state index is -4.34. The van der Waals surface area contributed by atoms with Crippen LogP contribution in [0, 0.1) is 0 Å². The maximum Gasteiger partial charge on any atom is 0.416 e. The fourth-order valence-electron chi connectivity index (χ4n) is 4.79. The van der Waals surface area contributed by atoms with E-state index in [9.17, 15) is 13.2 Å². The molecule has 178 valence electrons. The van der Waals surface area contributed by atoms with Gasteiger partial charge in [-0.1, -0.05) is 60.7 Å². The maximum atomic E-state index is 13.0. The Bertz CT molecular complexity index is 1470. The number of aromatic nitrogens is 1. The lowest BCUT2D eigenvalue weighted by Crippen LogP contribution is -2.18. The van der Waals surface area contributed by atoms with Gasteiger partial charge in [-0.3, -0.25) is 0 Å². The first-order chi connectivity index (χ1) is 16.8. The number of fused-ring (bicyclic) bond motifs is 2. The van der Waals surface area contributed by atoms with Gasteiger partial charge < -0.3 is 9.88 Å². The fourth-order valence-corrected chi connectivity index (χ4v) is 4.79. The van der Waals surface area contributed by atoms with Crippen molar-refractivity contribution in [1.29, 1.82) is 0 Å². The molecule has 0 bridgehead atoms. The quantitative estimate of drug-likeness (QED) is 0.263. The minimum Gasteiger partial charge on any atom is -0.347 e. The molecule has 1 unspecified atom stereocenters. The summed E-state index contributed by atoms with van der Waals surface area (Å²) in [6.07, 6.45) is -2.31. The van der Waals surface area contributed by atoms with Gasteiger partial charge in [0.05, 0.1) is 5.56 Å². The van der Waals surface area contributed by atoms with Crippen LogP contribution in [0.4, 0.5) is 13.2 Å². The number of hydrogen-bond donors (Lipinski definition) is 1. The highest BCUT2D eigenvalue weighted by Gasteiger charge is 2.30. The summed E-state index contributed by atoms with van der Waals surface area (Å²) in [4.78, 5) is 0. The molecule has 0 amide bonds. The summed E-state index contributed by atoms with van der Waals surface area (Å²) < 4.78 is 41.2. The molecule has 1 heterocycles. The van der Waals surface area contributed by atoms with Crippen LogP contribution < -0.4 is 5.32 Å². The molecule has 0 aliphatic rings. The van der Waals surface area contributed by atoms with Crippen molar-refractivity contribution in [3.05, 3.63) is 108 Å². The van der Waals surface area contributed by atoms with Gasteiger partial charge in [-0.05, 0) is 65.6 Å². The van der Waals surface area contributed by atoms with Gasteiger partial charge in [-0.15, -0.1) is 0 Å². The molecule has 0 aliphatic heterocycles. The summed E-state index contributed by atoms with van der Waals surface area (Å²) >= 11 is 0. The number of halogens is 3. The van der Waals surface area contributed by atoms with Crippen molar-refractivity contribution in [1.82, 2.24) is 9.88 Å². The summed E-state index contributed by atoms with van der Waals surface area (Å²) in [5.41, 5.74) is 4.56. The summed E-state index contributed by atoms with van der Waals surface area (Å²) in [5.74, 6) is 0. The highest BCUT2D eigenvalue weighted by molar-refractivity contribution is 5.96. The van der Waals surface area contributed by atoms with Crippen LogP contribution in [0.5, 0.6) is 0 Å². The fraction of sp³-hybridized carbons (Fsp3) is 0.200. The molecule has 1 atom stereocenters. The van der Waals surface area contributed by atoms with Crippen LogP contribution in [-0.2, 0) is 19.3 Å². The number of nitrogens with one attached hydrogen (secondary N) is 1. The van der Waals surface area contributed by atoms with Gasteiger partial charge in [0.15, 0.2) is 0 Å². The van der Waals surface area contributed by atoms with E-state index in [1.165, 1.54) is 16.3 Å². The van der Waals surface area contributed by atoms with Gasteiger partial charge in [-0.2, -0.15) is 13.2 Å². The van der Waals surface area contributed by atoms with Crippen molar-refractivity contribution in [2.75, 3.05) is 0 Å². The van der Waals surface area contributed by atoms with E-state index in [1.807, 2.05) is 6.20 Å². The van der Waals surface area contributed by atoms with Crippen LogP contribution in [0.2, 0.25) is 0 Å². The van der Waals surface area contributed by atoms with Crippen molar-refractivity contribution in [2.45, 2.75) is 39.2 Å². The Morgan fingerprint density at radius 3 is 2.34 bits per heavy atom. The Morgan fingerprint density at radius 1 is 0.857 bits per heavy atom. The molecule has 0 fully saturated rings. The highest BCUT2D eigenvalue weighted by Crippen LogP contribution is 2.35. The third kappa shape index (κ3) is 4.56. The molecular weight excluding hydrogens is 445 g/mol. The van der Waals surface area contributed by atoms with E-state index in [0.29, 0.717) is 6.54 Å². The smallest absolute Gasteiger partial charge is 0.347 e. The van der Waals surface area contributed by atoms with Gasteiger partial charge in [-0.25, -0.2) is 0 Å². The minimum absolute atomic E-state index is 0.159. The van der Waals surface area contributed by atoms with Crippen LogP contribution >= 0.6 is 0 Å². The number of alkyl halides is 3. The van der Waals surface area contributed by atoms with E-state index in [1.54, 1.807) is 12.1 Å². The lowest BCUT2D eigenvalue weighted by atomic mass is 9.99. The van der Waals surface area contributed by atoms with Gasteiger partial charge >= 0.3 is 6.18 Å². The third-order valence-corrected chi connectivity index (χ3v) is 6.71. The molecule has 2 nitrogen and oxygen atoms in total. The van der Waals surface area contributed by atoms with E-state index < -0.39 is 11.7 Å². The molecular formula is C30H27F3N2. The monoisotopic (exact) mass is 472 g/mol. The van der Waals surface area contributed by atoms with Crippen molar-refractivity contribution >= 4 is 21.7 Å². The summed E-state index contributed by atoms with van der Waals surface area (Å²) in [5, 5.41) is 7.16. The first-order valence-corrected chi connectivity index (χ1v) is 11.9. The number of hydrogen-bond acceptors (Lipinski definition) is 1. The number of benzene rings is 4. The molecule has 0 saturated carbocycles. The normalized spacial score (nSPS) is 12.9. The van der Waals surface area contributed by atoms with Crippen LogP contribution in [0.25, 0.3) is 32.8 Å². The molecule has 5 aromatic rings. The van der Waals surface area contributed by atoms with Crippen LogP contribution in [0.3, 0.4) is 0 Å². The zero-order valence-corrected chi connectivity index (χ0v) is 19.7. The molecule has 1 aromatic heterocycles. The standard InChI is InChI=1S/C30H27F3N2/c1-3-35-19-28(23-12-14-24(15-13-23)30(31,32)33)27-17-21(11-16-29(27)35)18-34-20(2)25-10-6-8-22-7-4-5-9-26(22)25/h4-17,19-20,34H,3,18H2,1-2H3. The maximum absolute atomic E-state index is 13.0. The van der Waals surface area contributed by atoms with Crippen molar-refractivity contribution in [3.63, 3.8) is 0 Å². The van der Waals surface area contributed by atoms with Crippen molar-refractivity contribution in [3.8, 4) is 11.1 Å². The van der Waals surface area contributed by atoms with Crippen LogP contribution in [0.1, 0.15) is 36.6 Å². The first-order valence-electron chi connectivity index (χ1n) is 11.9. The molecule has 0 aliphatic carbocycles. The average Bonchev–Trinajstić information content (AvgIpc) is 3.24. The SMILES string of the molecule is CCn1cc(-c2ccc(C(F)(F)F)cc2)c2cc(CNC(C)c3cccc4ccccc34)ccc21. The summed E-state index contributed by atoms with van der Waals surface area (Å²) in [6.45, 7) is 5.70. The molecule has 0 spiro atoms. The summed E-state index contributed by atoms with van der Waals surface area (Å²) in [7, 11) is 0. The molecule has 5 heteroatoms. The van der Waals surface area contributed by atoms with Gasteiger partial charge in [0.2, 0.25) is 0 Å². The Kier molecular flexibility index (Phi) is 6.12. The van der Waals surface area contributed by atoms with Crippen molar-refractivity contribution < 1.29 is 13.2 Å². The van der Waals surface area contributed by atoms with E-state index in [4.69, 9.17) is 0 Å². The number of rotatable bonds is 6. The molecule has 1 N–H and O–H groups in total. The van der Waals surface area contributed by atoms with Crippen LogP contribution in [0.15, 0.2) is 91.1 Å². The Balaban J connectivity index is 1.44. The van der Waals surface area contributed by atoms with E-state index >= 15 is 0 Å². The van der Waals surface area contributed by atoms with E-state index in [-0.39, 0.29) is 6.04 Å². The lowest BCUT2D eigenvalue weighted by molar-refractivity contribution is -0.137. The predicted molar refractivity (Wildman–Crippen MR) is 137 cm³/mol. The van der Waals surface area contributed by atoms with Gasteiger partial charge in [0, 0.05) is 41.8 Å². The third-order valence-electron chi connectivity index (χ3n) is 6.71. The Morgan fingerprint density at radius 2 is 1.60 bits per heavy atom. The molecule has 5 rings (SSSR count). The van der Waals surface area contributed by atoms with Crippen LogP contribution in [-0.4, -0.2) is 4.57 Å². The van der Waals surface area contributed by atoms with E-state index in [2.05, 4.69) is 84.4 Å². The molecule has 0 saturated heterocycles. The predicted octanol–water partition coefficient (Wildman–Crippen LogP) is 8.35. The van der Waals surface area contributed by atoms with Gasteiger partial charge in [0.1, 0.15) is 0 Å². The first kappa shape index (κ1) is 23.2. The largest absolute Gasteiger partial charge is 0.416 e. The zero-order valence-electron chi connectivity index (χ0n) is 19.7. The number of aryl methyl sites for hydroxylation is 1. The average molecular weight is 473 g/mol. The zero-order chi connectivity index (χ0) is 24.6. The van der Waals surface area contributed by atoms with Gasteiger partial charge in [0.25, 0.3) is 0 Å². The Labute approximate surface area is 203 Å². The number of nitrogens with zero attached hydrogens (tertiary/aromatic N) is 1. The molecule has 4 aromatic carbocycles. The summed E-state index contributed by atoms with van der Waals surface area (Å²) in [6, 6.07) is 26.7. The lowest BCUT2D eigenvalue weighted by Gasteiger charge is -2.17. The topological polar surface area (TPSA) is 17.0 Å². The Hall–Kier alpha value is -3.57. The molecule has 0 radical (unpaired) electrons.